The lowest BCUT2D eigenvalue weighted by molar-refractivity contribution is 0.0654. The van der Waals surface area contributed by atoms with Crippen LogP contribution in [-0.4, -0.2) is 33.5 Å². The SMILES string of the molecule is COc1ccc(CN(C(=O)c2ccc(OCc3nccn3C)cc2)C(C)C2CC2)cc1. The van der Waals surface area contributed by atoms with E-state index >= 15 is 0 Å². The van der Waals surface area contributed by atoms with Crippen LogP contribution in [0.1, 0.15) is 41.5 Å². The van der Waals surface area contributed by atoms with E-state index < -0.39 is 0 Å². The first kappa shape index (κ1) is 21.0. The maximum Gasteiger partial charge on any atom is 0.254 e. The number of methoxy groups -OCH3 is 1. The molecule has 1 saturated carbocycles. The number of rotatable bonds is 9. The van der Waals surface area contributed by atoms with Gasteiger partial charge in [-0.15, -0.1) is 0 Å². The van der Waals surface area contributed by atoms with Crippen molar-refractivity contribution in [2.75, 3.05) is 7.11 Å². The average Bonchev–Trinajstić information content (AvgIpc) is 3.58. The molecule has 1 aliphatic rings. The van der Waals surface area contributed by atoms with Crippen molar-refractivity contribution in [3.8, 4) is 11.5 Å². The molecule has 1 heterocycles. The number of ether oxygens (including phenoxy) is 2. The van der Waals surface area contributed by atoms with E-state index in [1.54, 1.807) is 13.3 Å². The maximum atomic E-state index is 13.4. The molecule has 1 fully saturated rings. The monoisotopic (exact) mass is 419 g/mol. The number of nitrogens with zero attached hydrogens (tertiary/aromatic N) is 3. The molecule has 1 atom stereocenters. The normalized spacial score (nSPS) is 14.2. The lowest BCUT2D eigenvalue weighted by atomic mass is 10.1. The van der Waals surface area contributed by atoms with Gasteiger partial charge in [0.1, 0.15) is 23.9 Å². The van der Waals surface area contributed by atoms with Crippen molar-refractivity contribution in [2.45, 2.75) is 39.0 Å². The van der Waals surface area contributed by atoms with E-state index in [-0.39, 0.29) is 11.9 Å². The van der Waals surface area contributed by atoms with Crippen molar-refractivity contribution < 1.29 is 14.3 Å². The Hall–Kier alpha value is -3.28. The van der Waals surface area contributed by atoms with Crippen LogP contribution >= 0.6 is 0 Å². The molecule has 6 nitrogen and oxygen atoms in total. The minimum Gasteiger partial charge on any atom is -0.497 e. The first-order chi connectivity index (χ1) is 15.0. The van der Waals surface area contributed by atoms with Crippen molar-refractivity contribution >= 4 is 5.91 Å². The molecule has 0 bridgehead atoms. The van der Waals surface area contributed by atoms with Crippen LogP contribution in [-0.2, 0) is 20.2 Å². The predicted octanol–water partition coefficient (Wildman–Crippen LogP) is 4.45. The first-order valence-electron chi connectivity index (χ1n) is 10.7. The van der Waals surface area contributed by atoms with Crippen molar-refractivity contribution in [2.24, 2.45) is 13.0 Å². The summed E-state index contributed by atoms with van der Waals surface area (Å²) in [7, 11) is 3.59. The van der Waals surface area contributed by atoms with Crippen LogP contribution in [0.4, 0.5) is 0 Å². The van der Waals surface area contributed by atoms with E-state index in [1.807, 2.05) is 71.2 Å². The summed E-state index contributed by atoms with van der Waals surface area (Å²) in [4.78, 5) is 19.6. The van der Waals surface area contributed by atoms with E-state index in [2.05, 4.69) is 11.9 Å². The lowest BCUT2D eigenvalue weighted by Gasteiger charge is -2.30. The van der Waals surface area contributed by atoms with Gasteiger partial charge in [-0.1, -0.05) is 12.1 Å². The minimum absolute atomic E-state index is 0.0471. The molecule has 1 aliphatic carbocycles. The Kier molecular flexibility index (Phi) is 6.26. The highest BCUT2D eigenvalue weighted by Gasteiger charge is 2.34. The van der Waals surface area contributed by atoms with Crippen LogP contribution in [0.2, 0.25) is 0 Å². The number of hydrogen-bond donors (Lipinski definition) is 0. The van der Waals surface area contributed by atoms with Gasteiger partial charge in [-0.05, 0) is 67.6 Å². The molecule has 3 aromatic rings. The number of aromatic nitrogens is 2. The molecular formula is C25H29N3O3. The second kappa shape index (κ2) is 9.25. The molecule has 0 saturated heterocycles. The minimum atomic E-state index is 0.0471. The summed E-state index contributed by atoms with van der Waals surface area (Å²) < 4.78 is 13.0. The number of amides is 1. The highest BCUT2D eigenvalue weighted by atomic mass is 16.5. The van der Waals surface area contributed by atoms with Crippen molar-refractivity contribution in [3.05, 3.63) is 77.9 Å². The van der Waals surface area contributed by atoms with Gasteiger partial charge in [0.25, 0.3) is 5.91 Å². The molecule has 0 aliphatic heterocycles. The van der Waals surface area contributed by atoms with Gasteiger partial charge >= 0.3 is 0 Å². The molecular weight excluding hydrogens is 390 g/mol. The fourth-order valence-electron chi connectivity index (χ4n) is 3.70. The molecule has 162 valence electrons. The molecule has 1 amide bonds. The molecule has 31 heavy (non-hydrogen) atoms. The van der Waals surface area contributed by atoms with Gasteiger partial charge in [0.05, 0.1) is 7.11 Å². The summed E-state index contributed by atoms with van der Waals surface area (Å²) in [5, 5.41) is 0. The highest BCUT2D eigenvalue weighted by Crippen LogP contribution is 2.36. The van der Waals surface area contributed by atoms with Crippen LogP contribution in [0.25, 0.3) is 0 Å². The third-order valence-electron chi connectivity index (χ3n) is 5.96. The van der Waals surface area contributed by atoms with Gasteiger partial charge in [-0.3, -0.25) is 4.79 Å². The van der Waals surface area contributed by atoms with Crippen LogP contribution in [0.15, 0.2) is 60.9 Å². The van der Waals surface area contributed by atoms with Gasteiger partial charge in [-0.25, -0.2) is 4.98 Å². The quantitative estimate of drug-likeness (QED) is 0.514. The Labute approximate surface area is 183 Å². The van der Waals surface area contributed by atoms with Gasteiger partial charge in [0, 0.05) is 37.6 Å². The first-order valence-corrected chi connectivity index (χ1v) is 10.7. The third-order valence-corrected chi connectivity index (χ3v) is 5.96. The van der Waals surface area contributed by atoms with E-state index in [1.165, 1.54) is 12.8 Å². The van der Waals surface area contributed by atoms with Crippen molar-refractivity contribution in [3.63, 3.8) is 0 Å². The van der Waals surface area contributed by atoms with Crippen LogP contribution in [0, 0.1) is 5.92 Å². The molecule has 1 unspecified atom stereocenters. The second-order valence-corrected chi connectivity index (χ2v) is 8.13. The Bertz CT molecular complexity index is 1010. The van der Waals surface area contributed by atoms with E-state index in [9.17, 15) is 4.79 Å². The fraction of sp³-hybridized carbons (Fsp3) is 0.360. The summed E-state index contributed by atoms with van der Waals surface area (Å²) in [6.45, 7) is 3.13. The Morgan fingerprint density at radius 2 is 1.81 bits per heavy atom. The molecule has 0 spiro atoms. The van der Waals surface area contributed by atoms with Gasteiger partial charge in [0.2, 0.25) is 0 Å². The standard InChI is InChI=1S/C25H29N3O3/c1-18(20-6-7-20)28(16-19-4-10-22(30-3)11-5-19)25(29)21-8-12-23(13-9-21)31-17-24-26-14-15-27(24)2/h4-5,8-15,18,20H,6-7,16-17H2,1-3H3. The molecule has 1 aromatic heterocycles. The zero-order chi connectivity index (χ0) is 21.8. The zero-order valence-electron chi connectivity index (χ0n) is 18.3. The van der Waals surface area contributed by atoms with Crippen molar-refractivity contribution in [1.29, 1.82) is 0 Å². The topological polar surface area (TPSA) is 56.6 Å². The van der Waals surface area contributed by atoms with E-state index in [0.717, 1.165) is 22.9 Å². The lowest BCUT2D eigenvalue weighted by Crippen LogP contribution is -2.39. The number of hydrogen-bond acceptors (Lipinski definition) is 4. The smallest absolute Gasteiger partial charge is 0.254 e. The third kappa shape index (κ3) is 5.08. The van der Waals surface area contributed by atoms with E-state index in [4.69, 9.17) is 9.47 Å². The Morgan fingerprint density at radius 3 is 2.39 bits per heavy atom. The molecule has 4 rings (SSSR count). The van der Waals surface area contributed by atoms with Crippen LogP contribution < -0.4 is 9.47 Å². The van der Waals surface area contributed by atoms with E-state index in [0.29, 0.717) is 24.6 Å². The summed E-state index contributed by atoms with van der Waals surface area (Å²) in [6.07, 6.45) is 6.01. The largest absolute Gasteiger partial charge is 0.497 e. The number of imidazole rings is 1. The summed E-state index contributed by atoms with van der Waals surface area (Å²) >= 11 is 0. The van der Waals surface area contributed by atoms with Crippen molar-refractivity contribution in [1.82, 2.24) is 14.5 Å². The summed E-state index contributed by atoms with van der Waals surface area (Å²) in [5.74, 6) is 3.02. The Morgan fingerprint density at radius 1 is 1.13 bits per heavy atom. The number of aryl methyl sites for hydroxylation is 1. The predicted molar refractivity (Wildman–Crippen MR) is 119 cm³/mol. The van der Waals surface area contributed by atoms with Gasteiger partial charge in [0.15, 0.2) is 0 Å². The summed E-state index contributed by atoms with van der Waals surface area (Å²) in [5.41, 5.74) is 1.77. The van der Waals surface area contributed by atoms with Crippen LogP contribution in [0.3, 0.4) is 0 Å². The molecule has 0 radical (unpaired) electrons. The molecule has 0 N–H and O–H groups in total. The number of carbonyl (C=O) groups excluding carboxylic acids is 1. The average molecular weight is 420 g/mol. The molecule has 6 heteroatoms. The van der Waals surface area contributed by atoms with Gasteiger partial charge in [-0.2, -0.15) is 0 Å². The maximum absolute atomic E-state index is 13.4. The zero-order valence-corrected chi connectivity index (χ0v) is 18.3. The Balaban J connectivity index is 1.45. The number of benzene rings is 2. The van der Waals surface area contributed by atoms with Crippen LogP contribution in [0.5, 0.6) is 11.5 Å². The highest BCUT2D eigenvalue weighted by molar-refractivity contribution is 5.94. The fourth-order valence-corrected chi connectivity index (χ4v) is 3.70. The van der Waals surface area contributed by atoms with Gasteiger partial charge < -0.3 is 18.9 Å². The summed E-state index contributed by atoms with van der Waals surface area (Å²) in [6, 6.07) is 15.5. The number of carbonyl (C=O) groups is 1. The second-order valence-electron chi connectivity index (χ2n) is 8.13. The molecule has 2 aromatic carbocycles.